The van der Waals surface area contributed by atoms with E-state index in [0.717, 1.165) is 36.1 Å². The minimum Gasteiger partial charge on any atom is -0.344 e. The molecule has 3 aromatic rings. The van der Waals surface area contributed by atoms with E-state index in [9.17, 15) is 9.18 Å². The molecule has 1 N–H and O–H groups in total. The molecule has 1 unspecified atom stereocenters. The van der Waals surface area contributed by atoms with Crippen molar-refractivity contribution in [3.63, 3.8) is 0 Å². The summed E-state index contributed by atoms with van der Waals surface area (Å²) in [5.41, 5.74) is 3.30. The highest BCUT2D eigenvalue weighted by Gasteiger charge is 2.26. The lowest BCUT2D eigenvalue weighted by atomic mass is 9.92. The Balaban J connectivity index is 1.55. The van der Waals surface area contributed by atoms with Gasteiger partial charge in [-0.05, 0) is 49.1 Å². The van der Waals surface area contributed by atoms with Gasteiger partial charge in [0.1, 0.15) is 11.5 Å². The number of aromatic nitrogens is 3. The van der Waals surface area contributed by atoms with Gasteiger partial charge in [-0.3, -0.25) is 14.5 Å². The van der Waals surface area contributed by atoms with Gasteiger partial charge in [-0.25, -0.2) is 4.39 Å². The Bertz CT molecular complexity index is 973. The smallest absolute Gasteiger partial charge is 0.270 e. The highest BCUT2D eigenvalue weighted by atomic mass is 35.5. The number of fused-ring (bicyclic) bond motifs is 1. The highest BCUT2D eigenvalue weighted by Crippen LogP contribution is 2.30. The summed E-state index contributed by atoms with van der Waals surface area (Å²) in [6, 6.07) is 9.54. The van der Waals surface area contributed by atoms with Gasteiger partial charge < -0.3 is 5.32 Å². The van der Waals surface area contributed by atoms with Crippen molar-refractivity contribution in [2.75, 3.05) is 0 Å². The van der Waals surface area contributed by atoms with Gasteiger partial charge in [0.2, 0.25) is 0 Å². The van der Waals surface area contributed by atoms with Crippen LogP contribution in [-0.4, -0.2) is 20.7 Å². The van der Waals surface area contributed by atoms with Crippen LogP contribution >= 0.6 is 11.6 Å². The second-order valence-corrected chi connectivity index (χ2v) is 6.98. The molecule has 0 spiro atoms. The van der Waals surface area contributed by atoms with Crippen molar-refractivity contribution >= 4 is 17.5 Å². The lowest BCUT2D eigenvalue weighted by Crippen LogP contribution is -2.31. The lowest BCUT2D eigenvalue weighted by Gasteiger charge is -2.24. The van der Waals surface area contributed by atoms with Crippen LogP contribution in [0.2, 0.25) is 5.02 Å². The van der Waals surface area contributed by atoms with Crippen molar-refractivity contribution in [2.24, 2.45) is 0 Å². The van der Waals surface area contributed by atoms with Gasteiger partial charge in [-0.1, -0.05) is 23.7 Å². The predicted molar refractivity (Wildman–Crippen MR) is 100 cm³/mol. The fourth-order valence-corrected chi connectivity index (χ4v) is 3.67. The molecule has 0 saturated heterocycles. The number of hydrogen-bond acceptors (Lipinski definition) is 3. The summed E-state index contributed by atoms with van der Waals surface area (Å²) in [6.45, 7) is 0.468. The van der Waals surface area contributed by atoms with Crippen LogP contribution in [0.25, 0.3) is 0 Å². The molecule has 1 aromatic carbocycles. The maximum Gasteiger partial charge on any atom is 0.270 e. The quantitative estimate of drug-likeness (QED) is 0.741. The molecule has 0 bridgehead atoms. The summed E-state index contributed by atoms with van der Waals surface area (Å²) in [4.78, 5) is 16.5. The minimum absolute atomic E-state index is 0.0966. The van der Waals surface area contributed by atoms with Gasteiger partial charge in [0, 0.05) is 22.5 Å². The van der Waals surface area contributed by atoms with Crippen LogP contribution in [0.4, 0.5) is 4.39 Å². The maximum atomic E-state index is 13.3. The molecule has 2 heterocycles. The molecule has 1 aliphatic rings. The van der Waals surface area contributed by atoms with Crippen molar-refractivity contribution in [1.82, 2.24) is 20.1 Å². The minimum atomic E-state index is -0.358. The Morgan fingerprint density at radius 3 is 3.00 bits per heavy atom. The Kier molecular flexibility index (Phi) is 4.90. The van der Waals surface area contributed by atoms with Gasteiger partial charge in [0.05, 0.1) is 18.8 Å². The van der Waals surface area contributed by atoms with Gasteiger partial charge in [0.15, 0.2) is 0 Å². The molecule has 138 valence electrons. The fraction of sp³-hybridized carbons (Fsp3) is 0.250. The zero-order chi connectivity index (χ0) is 18.8. The topological polar surface area (TPSA) is 59.8 Å². The van der Waals surface area contributed by atoms with Crippen LogP contribution in [0, 0.1) is 5.82 Å². The van der Waals surface area contributed by atoms with E-state index in [1.165, 1.54) is 12.1 Å². The van der Waals surface area contributed by atoms with E-state index in [1.807, 2.05) is 4.68 Å². The van der Waals surface area contributed by atoms with E-state index >= 15 is 0 Å². The molecule has 2 aromatic heterocycles. The molecule has 0 aliphatic heterocycles. The van der Waals surface area contributed by atoms with Crippen LogP contribution < -0.4 is 5.32 Å². The number of amides is 1. The molecular weight excluding hydrogens is 367 g/mol. The standard InChI is InChI=1S/C20H18ClFN4O/c21-16-10-14(22)8-7-13(16)12-26-19-6-3-5-17(15(19)11-24-26)25-20(27)18-4-1-2-9-23-18/h1-2,4,7-11,17H,3,5-6,12H2,(H,25,27). The van der Waals surface area contributed by atoms with E-state index in [1.54, 1.807) is 36.7 Å². The molecular formula is C20H18ClFN4O. The molecule has 0 saturated carbocycles. The van der Waals surface area contributed by atoms with E-state index in [-0.39, 0.29) is 17.8 Å². The first kappa shape index (κ1) is 17.7. The normalized spacial score (nSPS) is 16.0. The molecule has 27 heavy (non-hydrogen) atoms. The van der Waals surface area contributed by atoms with E-state index in [0.29, 0.717) is 17.3 Å². The molecule has 5 nitrogen and oxygen atoms in total. The number of hydrogen-bond donors (Lipinski definition) is 1. The average Bonchev–Trinajstić information content (AvgIpc) is 3.09. The van der Waals surface area contributed by atoms with Gasteiger partial charge in [0.25, 0.3) is 5.91 Å². The lowest BCUT2D eigenvalue weighted by molar-refractivity contribution is 0.0927. The molecule has 1 amide bonds. The summed E-state index contributed by atoms with van der Waals surface area (Å²) in [7, 11) is 0. The van der Waals surface area contributed by atoms with Gasteiger partial charge >= 0.3 is 0 Å². The Morgan fingerprint density at radius 1 is 1.33 bits per heavy atom. The van der Waals surface area contributed by atoms with Crippen LogP contribution in [-0.2, 0) is 13.0 Å². The number of carbonyl (C=O) groups is 1. The number of carbonyl (C=O) groups excluding carboxylic acids is 1. The second kappa shape index (κ2) is 7.48. The summed E-state index contributed by atoms with van der Waals surface area (Å²) in [5, 5.41) is 7.93. The first-order chi connectivity index (χ1) is 13.1. The summed E-state index contributed by atoms with van der Waals surface area (Å²) >= 11 is 6.15. The van der Waals surface area contributed by atoms with Crippen molar-refractivity contribution in [1.29, 1.82) is 0 Å². The molecule has 0 fully saturated rings. The highest BCUT2D eigenvalue weighted by molar-refractivity contribution is 6.31. The molecule has 1 atom stereocenters. The number of nitrogens with zero attached hydrogens (tertiary/aromatic N) is 3. The predicted octanol–water partition coefficient (Wildman–Crippen LogP) is 3.93. The van der Waals surface area contributed by atoms with Crippen LogP contribution in [0.5, 0.6) is 0 Å². The van der Waals surface area contributed by atoms with Crippen molar-refractivity contribution < 1.29 is 9.18 Å². The van der Waals surface area contributed by atoms with Crippen molar-refractivity contribution in [2.45, 2.75) is 31.8 Å². The zero-order valence-electron chi connectivity index (χ0n) is 14.5. The number of nitrogens with one attached hydrogen (secondary N) is 1. The van der Waals surface area contributed by atoms with Crippen LogP contribution in [0.1, 0.15) is 46.2 Å². The molecule has 4 rings (SSSR count). The largest absolute Gasteiger partial charge is 0.344 e. The van der Waals surface area contributed by atoms with E-state index in [4.69, 9.17) is 11.6 Å². The number of pyridine rings is 1. The first-order valence-electron chi connectivity index (χ1n) is 8.82. The molecule has 1 aliphatic carbocycles. The monoisotopic (exact) mass is 384 g/mol. The Hall–Kier alpha value is -2.73. The Morgan fingerprint density at radius 2 is 2.22 bits per heavy atom. The number of rotatable bonds is 4. The second-order valence-electron chi connectivity index (χ2n) is 6.57. The van der Waals surface area contributed by atoms with E-state index < -0.39 is 0 Å². The van der Waals surface area contributed by atoms with Crippen LogP contribution in [0.15, 0.2) is 48.8 Å². The van der Waals surface area contributed by atoms with Crippen LogP contribution in [0.3, 0.4) is 0 Å². The third-order valence-corrected chi connectivity index (χ3v) is 5.15. The van der Waals surface area contributed by atoms with Gasteiger partial charge in [-0.15, -0.1) is 0 Å². The summed E-state index contributed by atoms with van der Waals surface area (Å²) in [5.74, 6) is -0.550. The van der Waals surface area contributed by atoms with Gasteiger partial charge in [-0.2, -0.15) is 5.10 Å². The van der Waals surface area contributed by atoms with Crippen molar-refractivity contribution in [3.05, 3.63) is 82.1 Å². The SMILES string of the molecule is O=C(NC1CCCc2c1cnn2Cc1ccc(F)cc1Cl)c1ccccn1. The molecule has 7 heteroatoms. The summed E-state index contributed by atoms with van der Waals surface area (Å²) < 4.78 is 15.1. The third-order valence-electron chi connectivity index (χ3n) is 4.80. The zero-order valence-corrected chi connectivity index (χ0v) is 15.3. The molecule has 0 radical (unpaired) electrons. The number of halogens is 2. The summed E-state index contributed by atoms with van der Waals surface area (Å²) in [6.07, 6.45) is 6.09. The first-order valence-corrected chi connectivity index (χ1v) is 9.20. The average molecular weight is 385 g/mol. The van der Waals surface area contributed by atoms with E-state index in [2.05, 4.69) is 15.4 Å². The maximum absolute atomic E-state index is 13.3. The fourth-order valence-electron chi connectivity index (χ4n) is 3.45. The van der Waals surface area contributed by atoms with Crippen molar-refractivity contribution in [3.8, 4) is 0 Å². The Labute approximate surface area is 161 Å². The third kappa shape index (κ3) is 3.71. The number of benzene rings is 1.